The Kier molecular flexibility index (Phi) is 16.0. The number of ether oxygens (including phenoxy) is 1. The van der Waals surface area contributed by atoms with Crippen molar-refractivity contribution in [3.63, 3.8) is 0 Å². The Morgan fingerprint density at radius 1 is 0.809 bits per heavy atom. The molecule has 4 heterocycles. The molecule has 2 unspecified atom stereocenters. The lowest BCUT2D eigenvalue weighted by Gasteiger charge is -2.40. The predicted molar refractivity (Wildman–Crippen MR) is 143 cm³/mol. The van der Waals surface area contributed by atoms with E-state index in [1.54, 1.807) is 0 Å². The number of rotatable bonds is 4. The van der Waals surface area contributed by atoms with Crippen LogP contribution in [0.5, 0.6) is 0 Å². The lowest BCUT2D eigenvalue weighted by Crippen LogP contribution is -2.50. The Bertz CT molecular complexity index is 1220. The van der Waals surface area contributed by atoms with Crippen molar-refractivity contribution in [1.29, 1.82) is 0 Å². The number of pyridine rings is 2. The average Bonchev–Trinajstić information content (AvgIpc) is 3.16. The van der Waals surface area contributed by atoms with Crippen LogP contribution in [-0.2, 0) is 32.2 Å². The minimum Gasteiger partial charge on any atom is -0.475 e. The van der Waals surface area contributed by atoms with Crippen LogP contribution in [0.4, 0.5) is 39.5 Å². The second kappa shape index (κ2) is 18.3. The van der Waals surface area contributed by atoms with E-state index >= 15 is 0 Å². The summed E-state index contributed by atoms with van der Waals surface area (Å²) < 4.78 is 101. The molecule has 0 aliphatic carbocycles. The van der Waals surface area contributed by atoms with Gasteiger partial charge in [0.1, 0.15) is 0 Å². The van der Waals surface area contributed by atoms with Gasteiger partial charge in [-0.3, -0.25) is 19.8 Å². The first-order valence-electron chi connectivity index (χ1n) is 13.4. The molecule has 11 nitrogen and oxygen atoms in total. The van der Waals surface area contributed by atoms with Crippen molar-refractivity contribution in [1.82, 2.24) is 19.8 Å². The fourth-order valence-electron chi connectivity index (χ4n) is 4.21. The quantitative estimate of drug-likeness (QED) is 0.387. The second-order valence-electron chi connectivity index (χ2n) is 9.84. The van der Waals surface area contributed by atoms with Gasteiger partial charge in [0.05, 0.1) is 18.4 Å². The molecule has 264 valence electrons. The number of hydrogen-bond acceptors (Lipinski definition) is 8. The third kappa shape index (κ3) is 16.4. The van der Waals surface area contributed by atoms with Gasteiger partial charge < -0.3 is 20.1 Å². The van der Waals surface area contributed by atoms with Gasteiger partial charge in [0.25, 0.3) is 0 Å². The molecule has 47 heavy (non-hydrogen) atoms. The molecule has 0 aromatic carbocycles. The number of likely N-dealkylation sites (tertiary alicyclic amines) is 1. The second-order valence-corrected chi connectivity index (χ2v) is 9.84. The number of morpholine rings is 1. The summed E-state index contributed by atoms with van der Waals surface area (Å²) in [5, 5.41) is 21.4. The van der Waals surface area contributed by atoms with Crippen molar-refractivity contribution in [3.05, 3.63) is 59.7 Å². The molecule has 0 radical (unpaired) electrons. The average molecular weight is 695 g/mol. The van der Waals surface area contributed by atoms with Gasteiger partial charge in [-0.25, -0.2) is 14.4 Å². The van der Waals surface area contributed by atoms with Crippen LogP contribution in [0.25, 0.3) is 0 Å². The number of aryl methyl sites for hydroxylation is 1. The van der Waals surface area contributed by atoms with Crippen LogP contribution in [0.3, 0.4) is 0 Å². The normalized spacial score (nSPS) is 18.8. The third-order valence-corrected chi connectivity index (χ3v) is 6.25. The maximum atomic E-state index is 10.6. The number of carboxylic acid groups (broad SMARTS) is 3. The molecule has 4 rings (SSSR count). The van der Waals surface area contributed by atoms with Crippen LogP contribution in [0.15, 0.2) is 42.7 Å². The SMILES string of the molecule is Cc1cccc(CN2CCC3OCCN(Cc4cccnc4)C3CC2)n1.O=C(O)C(F)(F)F.O=C(O)C(F)(F)F.O=C(O)C(F)(F)F. The largest absolute Gasteiger partial charge is 0.490 e. The summed E-state index contributed by atoms with van der Waals surface area (Å²) >= 11 is 0. The Morgan fingerprint density at radius 2 is 1.34 bits per heavy atom. The minimum absolute atomic E-state index is 0.343. The topological polar surface area (TPSA) is 153 Å². The number of hydrogen-bond donors (Lipinski definition) is 3. The number of carbonyl (C=O) groups is 3. The smallest absolute Gasteiger partial charge is 0.475 e. The van der Waals surface area contributed by atoms with E-state index < -0.39 is 36.4 Å². The van der Waals surface area contributed by atoms with Crippen molar-refractivity contribution >= 4 is 17.9 Å². The third-order valence-electron chi connectivity index (χ3n) is 6.25. The highest BCUT2D eigenvalue weighted by Crippen LogP contribution is 2.26. The summed E-state index contributed by atoms with van der Waals surface area (Å²) in [6, 6.07) is 11.0. The maximum absolute atomic E-state index is 10.6. The number of aliphatic carboxylic acids is 3. The molecule has 2 aliphatic heterocycles. The number of aromatic nitrogens is 2. The van der Waals surface area contributed by atoms with E-state index in [2.05, 4.69) is 51.0 Å². The van der Waals surface area contributed by atoms with E-state index in [-0.39, 0.29) is 0 Å². The summed E-state index contributed by atoms with van der Waals surface area (Å²) in [5.41, 5.74) is 3.55. The molecular formula is C27H31F9N4O7. The van der Waals surface area contributed by atoms with Gasteiger partial charge in [-0.2, -0.15) is 39.5 Å². The molecule has 0 saturated carbocycles. The fourth-order valence-corrected chi connectivity index (χ4v) is 4.21. The number of halogens is 9. The summed E-state index contributed by atoms with van der Waals surface area (Å²) in [4.78, 5) is 40.8. The van der Waals surface area contributed by atoms with E-state index in [0.29, 0.717) is 12.1 Å². The Labute approximate surface area is 261 Å². The van der Waals surface area contributed by atoms with Gasteiger partial charge >= 0.3 is 36.4 Å². The molecular weight excluding hydrogens is 663 g/mol. The van der Waals surface area contributed by atoms with E-state index in [1.807, 2.05) is 18.5 Å². The highest BCUT2D eigenvalue weighted by molar-refractivity contribution is 5.73. The molecule has 0 spiro atoms. The molecule has 2 aromatic rings. The first kappa shape index (κ1) is 41.0. The van der Waals surface area contributed by atoms with E-state index in [0.717, 1.165) is 57.9 Å². The summed E-state index contributed by atoms with van der Waals surface area (Å²) in [6.07, 6.45) is -8.84. The zero-order chi connectivity index (χ0) is 36.0. The van der Waals surface area contributed by atoms with Gasteiger partial charge in [-0.15, -0.1) is 0 Å². The number of alkyl halides is 9. The van der Waals surface area contributed by atoms with Gasteiger partial charge in [0.15, 0.2) is 0 Å². The standard InChI is InChI=1S/C21H28N4O.3C2HF3O2/c1-17-4-2-6-19(23-17)16-24-10-7-20-21(8-11-24)26-13-12-25(20)15-18-5-3-9-22-14-18;3*3-2(4,5)1(6)7/h2-6,9,14,20-21H,7-8,10-13,15-16H2,1H3;3*(H,6,7). The van der Waals surface area contributed by atoms with Gasteiger partial charge in [0, 0.05) is 56.9 Å². The fraction of sp³-hybridized carbons (Fsp3) is 0.519. The number of fused-ring (bicyclic) bond motifs is 1. The first-order chi connectivity index (χ1) is 21.6. The van der Waals surface area contributed by atoms with E-state index in [4.69, 9.17) is 34.4 Å². The van der Waals surface area contributed by atoms with Gasteiger partial charge in [-0.05, 0) is 43.5 Å². The van der Waals surface area contributed by atoms with E-state index in [9.17, 15) is 39.5 Å². The molecule has 0 bridgehead atoms. The lowest BCUT2D eigenvalue weighted by molar-refractivity contribution is -0.193. The molecule has 2 aliphatic rings. The Hall–Kier alpha value is -4.04. The van der Waals surface area contributed by atoms with Crippen LogP contribution in [-0.4, -0.2) is 110 Å². The van der Waals surface area contributed by atoms with Crippen LogP contribution in [0, 0.1) is 6.92 Å². The molecule has 3 N–H and O–H groups in total. The van der Waals surface area contributed by atoms with Crippen LogP contribution in [0.1, 0.15) is 29.8 Å². The van der Waals surface area contributed by atoms with E-state index in [1.165, 1.54) is 11.3 Å². The van der Waals surface area contributed by atoms with Crippen molar-refractivity contribution in [2.45, 2.75) is 63.5 Å². The summed E-state index contributed by atoms with van der Waals surface area (Å²) in [6.45, 7) is 7.99. The number of carboxylic acids is 3. The molecule has 2 saturated heterocycles. The zero-order valence-electron chi connectivity index (χ0n) is 24.5. The molecule has 20 heteroatoms. The highest BCUT2D eigenvalue weighted by Gasteiger charge is 2.39. The number of nitrogens with zero attached hydrogens (tertiary/aromatic N) is 4. The molecule has 2 aromatic heterocycles. The molecule has 0 amide bonds. The van der Waals surface area contributed by atoms with Gasteiger partial charge in [-0.1, -0.05) is 12.1 Å². The van der Waals surface area contributed by atoms with Crippen molar-refractivity contribution < 1.29 is 74.0 Å². The summed E-state index contributed by atoms with van der Waals surface area (Å²) in [5.74, 6) is -8.27. The zero-order valence-corrected chi connectivity index (χ0v) is 24.5. The van der Waals surface area contributed by atoms with Gasteiger partial charge in [0.2, 0.25) is 0 Å². The maximum Gasteiger partial charge on any atom is 0.490 e. The predicted octanol–water partition coefficient (Wildman–Crippen LogP) is 4.55. The monoisotopic (exact) mass is 694 g/mol. The van der Waals surface area contributed by atoms with Crippen molar-refractivity contribution in [2.75, 3.05) is 26.2 Å². The van der Waals surface area contributed by atoms with Crippen LogP contribution < -0.4 is 0 Å². The molecule has 2 fully saturated rings. The minimum atomic E-state index is -5.08. The molecule has 2 atom stereocenters. The van der Waals surface area contributed by atoms with Crippen molar-refractivity contribution in [3.8, 4) is 0 Å². The van der Waals surface area contributed by atoms with Crippen LogP contribution in [0.2, 0.25) is 0 Å². The first-order valence-corrected chi connectivity index (χ1v) is 13.4. The lowest BCUT2D eigenvalue weighted by atomic mass is 10.0. The Balaban J connectivity index is 0.000000430. The summed E-state index contributed by atoms with van der Waals surface area (Å²) in [7, 11) is 0. The Morgan fingerprint density at radius 3 is 1.81 bits per heavy atom. The highest BCUT2D eigenvalue weighted by atomic mass is 19.4. The van der Waals surface area contributed by atoms with Crippen LogP contribution >= 0.6 is 0 Å². The van der Waals surface area contributed by atoms with Crippen molar-refractivity contribution in [2.24, 2.45) is 0 Å².